The molecule has 8 nitrogen and oxygen atoms in total. The number of esters is 1. The zero-order chi connectivity index (χ0) is 14.4. The fourth-order valence-electron chi connectivity index (χ4n) is 1.28. The first kappa shape index (κ1) is 18.0. The zero-order valence-electron chi connectivity index (χ0n) is 10.4. The second-order valence-corrected chi connectivity index (χ2v) is 3.81. The van der Waals surface area contributed by atoms with Crippen LogP contribution in [0, 0.1) is 10.1 Å². The maximum absolute atomic E-state index is 11.4. The number of nitrogens with zero attached hydrogens (tertiary/aromatic N) is 1. The lowest BCUT2D eigenvalue weighted by molar-refractivity contribution is -0.384. The predicted octanol–water partition coefficient (Wildman–Crippen LogP) is 0.419. The van der Waals surface area contributed by atoms with Gasteiger partial charge in [-0.2, -0.15) is 0 Å². The smallest absolute Gasteiger partial charge is 0.323 e. The Morgan fingerprint density at radius 1 is 1.30 bits per heavy atom. The number of rotatable bonds is 6. The third kappa shape index (κ3) is 5.76. The Balaban J connectivity index is 0.00000361. The number of halogens is 1. The number of primary amides is 1. The van der Waals surface area contributed by atoms with Crippen molar-refractivity contribution in [3.8, 4) is 0 Å². The van der Waals surface area contributed by atoms with Crippen molar-refractivity contribution < 1.29 is 19.2 Å². The summed E-state index contributed by atoms with van der Waals surface area (Å²) in [7, 11) is 0. The zero-order valence-corrected chi connectivity index (χ0v) is 12.1. The quantitative estimate of drug-likeness (QED) is 0.434. The van der Waals surface area contributed by atoms with Crippen molar-refractivity contribution in [2.24, 2.45) is 11.5 Å². The molecule has 0 aliphatic rings. The normalized spacial score (nSPS) is 11.1. The lowest BCUT2D eigenvalue weighted by Gasteiger charge is -2.09. The van der Waals surface area contributed by atoms with Crippen LogP contribution in [-0.4, -0.2) is 22.8 Å². The van der Waals surface area contributed by atoms with Gasteiger partial charge in [-0.15, -0.1) is 17.0 Å². The molecule has 1 amide bonds. The van der Waals surface area contributed by atoms with Crippen LogP contribution in [-0.2, 0) is 20.9 Å². The number of ether oxygens (including phenoxy) is 1. The number of hydrogen-bond acceptors (Lipinski definition) is 6. The average Bonchev–Trinajstić information content (AvgIpc) is 2.35. The SMILES string of the molecule is Br.NC(=O)CC(N)C(=O)OCc1ccc([N+](=O)[O-])cc1. The molecule has 1 aromatic rings. The van der Waals surface area contributed by atoms with Crippen LogP contribution < -0.4 is 11.5 Å². The second kappa shape index (κ2) is 8.23. The molecular weight excluding hydrogens is 334 g/mol. The molecule has 0 bridgehead atoms. The van der Waals surface area contributed by atoms with E-state index in [1.807, 2.05) is 0 Å². The van der Waals surface area contributed by atoms with Crippen molar-refractivity contribution in [2.75, 3.05) is 0 Å². The Kier molecular flexibility index (Phi) is 7.40. The van der Waals surface area contributed by atoms with Crippen molar-refractivity contribution in [1.29, 1.82) is 0 Å². The molecule has 4 N–H and O–H groups in total. The van der Waals surface area contributed by atoms with E-state index in [9.17, 15) is 19.7 Å². The van der Waals surface area contributed by atoms with Gasteiger partial charge in [0, 0.05) is 12.1 Å². The predicted molar refractivity (Wildman–Crippen MR) is 75.0 cm³/mol. The third-order valence-corrected chi connectivity index (χ3v) is 2.25. The molecule has 1 atom stereocenters. The molecule has 9 heteroatoms. The fraction of sp³-hybridized carbons (Fsp3) is 0.273. The van der Waals surface area contributed by atoms with Crippen LogP contribution >= 0.6 is 17.0 Å². The minimum atomic E-state index is -1.10. The van der Waals surface area contributed by atoms with E-state index in [1.165, 1.54) is 24.3 Å². The summed E-state index contributed by atoms with van der Waals surface area (Å²) >= 11 is 0. The first-order valence-electron chi connectivity index (χ1n) is 5.34. The lowest BCUT2D eigenvalue weighted by atomic mass is 10.2. The molecule has 1 aromatic carbocycles. The first-order chi connectivity index (χ1) is 8.90. The number of carbonyl (C=O) groups is 2. The van der Waals surface area contributed by atoms with Gasteiger partial charge in [0.15, 0.2) is 0 Å². The molecule has 0 radical (unpaired) electrons. The minimum Gasteiger partial charge on any atom is -0.460 e. The van der Waals surface area contributed by atoms with Gasteiger partial charge < -0.3 is 16.2 Å². The van der Waals surface area contributed by atoms with Gasteiger partial charge in [0.05, 0.1) is 11.3 Å². The molecule has 0 aliphatic carbocycles. The maximum atomic E-state index is 11.4. The summed E-state index contributed by atoms with van der Waals surface area (Å²) in [6.07, 6.45) is -0.293. The molecule has 20 heavy (non-hydrogen) atoms. The summed E-state index contributed by atoms with van der Waals surface area (Å²) in [4.78, 5) is 31.8. The van der Waals surface area contributed by atoms with Crippen molar-refractivity contribution in [3.05, 3.63) is 39.9 Å². The van der Waals surface area contributed by atoms with E-state index in [2.05, 4.69) is 0 Å². The van der Waals surface area contributed by atoms with Gasteiger partial charge in [0.2, 0.25) is 5.91 Å². The summed E-state index contributed by atoms with van der Waals surface area (Å²) in [5.74, 6) is -1.45. The molecule has 0 aliphatic heterocycles. The highest BCUT2D eigenvalue weighted by Crippen LogP contribution is 2.12. The van der Waals surface area contributed by atoms with E-state index in [0.29, 0.717) is 5.56 Å². The van der Waals surface area contributed by atoms with E-state index >= 15 is 0 Å². The minimum absolute atomic E-state index is 0. The van der Waals surface area contributed by atoms with Crippen LogP contribution in [0.3, 0.4) is 0 Å². The van der Waals surface area contributed by atoms with E-state index in [0.717, 1.165) is 0 Å². The van der Waals surface area contributed by atoms with E-state index in [-0.39, 0.29) is 35.7 Å². The van der Waals surface area contributed by atoms with Gasteiger partial charge in [-0.05, 0) is 17.7 Å². The van der Waals surface area contributed by atoms with Gasteiger partial charge in [0.25, 0.3) is 5.69 Å². The first-order valence-corrected chi connectivity index (χ1v) is 5.34. The molecule has 0 heterocycles. The Hall–Kier alpha value is -2.00. The largest absolute Gasteiger partial charge is 0.460 e. The molecule has 110 valence electrons. The average molecular weight is 348 g/mol. The molecular formula is C11H14BrN3O5. The molecule has 1 rings (SSSR count). The van der Waals surface area contributed by atoms with Crippen molar-refractivity contribution in [1.82, 2.24) is 0 Å². The fourth-order valence-corrected chi connectivity index (χ4v) is 1.28. The number of nitro groups is 1. The topological polar surface area (TPSA) is 139 Å². The van der Waals surface area contributed by atoms with E-state index < -0.39 is 22.8 Å². The highest BCUT2D eigenvalue weighted by Gasteiger charge is 2.17. The number of nitrogens with two attached hydrogens (primary N) is 2. The van der Waals surface area contributed by atoms with Crippen LogP contribution in [0.1, 0.15) is 12.0 Å². The molecule has 1 unspecified atom stereocenters. The maximum Gasteiger partial charge on any atom is 0.323 e. The highest BCUT2D eigenvalue weighted by atomic mass is 79.9. The van der Waals surface area contributed by atoms with Crippen LogP contribution in [0.5, 0.6) is 0 Å². The number of nitro benzene ring substituents is 1. The van der Waals surface area contributed by atoms with E-state index in [4.69, 9.17) is 16.2 Å². The second-order valence-electron chi connectivity index (χ2n) is 3.81. The van der Waals surface area contributed by atoms with Gasteiger partial charge in [0.1, 0.15) is 12.6 Å². The number of benzene rings is 1. The Bertz CT molecular complexity index is 491. The van der Waals surface area contributed by atoms with Crippen molar-refractivity contribution in [3.63, 3.8) is 0 Å². The molecule has 0 saturated heterocycles. The molecule has 0 spiro atoms. The Morgan fingerprint density at radius 2 is 1.85 bits per heavy atom. The molecule has 0 fully saturated rings. The van der Waals surface area contributed by atoms with Gasteiger partial charge in [-0.1, -0.05) is 0 Å². The standard InChI is InChI=1S/C11H13N3O5.BrH/c12-9(5-10(13)15)11(16)19-6-7-1-3-8(4-2-7)14(17)18;/h1-4,9H,5-6,12H2,(H2,13,15);1H. The van der Waals surface area contributed by atoms with Gasteiger partial charge in [-0.25, -0.2) is 0 Å². The summed E-state index contributed by atoms with van der Waals surface area (Å²) in [6, 6.07) is 4.42. The summed E-state index contributed by atoms with van der Waals surface area (Å²) < 4.78 is 4.85. The monoisotopic (exact) mass is 347 g/mol. The van der Waals surface area contributed by atoms with E-state index in [1.54, 1.807) is 0 Å². The van der Waals surface area contributed by atoms with Crippen LogP contribution in [0.25, 0.3) is 0 Å². The summed E-state index contributed by atoms with van der Waals surface area (Å²) in [5.41, 5.74) is 10.8. The Morgan fingerprint density at radius 3 is 2.30 bits per heavy atom. The molecule has 0 aromatic heterocycles. The van der Waals surface area contributed by atoms with Gasteiger partial charge in [-0.3, -0.25) is 19.7 Å². The summed E-state index contributed by atoms with van der Waals surface area (Å²) in [5, 5.41) is 10.4. The highest BCUT2D eigenvalue weighted by molar-refractivity contribution is 8.93. The lowest BCUT2D eigenvalue weighted by Crippen LogP contribution is -2.36. The number of carbonyl (C=O) groups excluding carboxylic acids is 2. The Labute approximate surface area is 125 Å². The van der Waals surface area contributed by atoms with Crippen LogP contribution in [0.4, 0.5) is 5.69 Å². The number of non-ortho nitro benzene ring substituents is 1. The third-order valence-electron chi connectivity index (χ3n) is 2.25. The number of hydrogen-bond donors (Lipinski definition) is 2. The molecule has 0 saturated carbocycles. The van der Waals surface area contributed by atoms with Crippen LogP contribution in [0.15, 0.2) is 24.3 Å². The number of amides is 1. The van der Waals surface area contributed by atoms with Gasteiger partial charge >= 0.3 is 5.97 Å². The van der Waals surface area contributed by atoms with Crippen molar-refractivity contribution in [2.45, 2.75) is 19.1 Å². The summed E-state index contributed by atoms with van der Waals surface area (Å²) in [6.45, 7) is -0.0801. The van der Waals surface area contributed by atoms with Crippen molar-refractivity contribution >= 4 is 34.5 Å². The van der Waals surface area contributed by atoms with Crippen LogP contribution in [0.2, 0.25) is 0 Å².